The second-order valence-electron chi connectivity index (χ2n) is 3.35. The number of nitrogens with two attached hydrogens (primary N) is 1. The Morgan fingerprint density at radius 2 is 2.12 bits per heavy atom. The number of carbonyl (C=O) groups is 1. The van der Waals surface area contributed by atoms with E-state index in [0.717, 1.165) is 5.56 Å². The van der Waals surface area contributed by atoms with Crippen molar-refractivity contribution in [3.8, 4) is 6.07 Å². The maximum absolute atomic E-state index is 10.6. The molecule has 0 aliphatic heterocycles. The molecule has 0 heterocycles. The average molecular weight is 215 g/mol. The maximum Gasteiger partial charge on any atom is 0.243 e. The van der Waals surface area contributed by atoms with Gasteiger partial charge in [-0.15, -0.1) is 0 Å². The minimum Gasteiger partial charge on any atom is -0.370 e. The third kappa shape index (κ3) is 3.46. The Bertz CT molecular complexity index is 431. The van der Waals surface area contributed by atoms with Gasteiger partial charge in [0.1, 0.15) is 6.04 Å². The summed E-state index contributed by atoms with van der Waals surface area (Å²) in [7, 11) is 0. The van der Waals surface area contributed by atoms with Gasteiger partial charge in [0, 0.05) is 11.8 Å². The number of nitrogens with zero attached hydrogens (tertiary/aromatic N) is 1. The summed E-state index contributed by atoms with van der Waals surface area (Å²) < 4.78 is 0. The summed E-state index contributed by atoms with van der Waals surface area (Å²) in [4.78, 5) is 10.6. The molecule has 4 nitrogen and oxygen atoms in total. The summed E-state index contributed by atoms with van der Waals surface area (Å²) in [6.45, 7) is 1.69. The van der Waals surface area contributed by atoms with Gasteiger partial charge in [0.15, 0.2) is 0 Å². The minimum absolute atomic E-state index is 0.475. The monoisotopic (exact) mass is 215 g/mol. The van der Waals surface area contributed by atoms with E-state index in [4.69, 9.17) is 11.0 Å². The molecule has 16 heavy (non-hydrogen) atoms. The van der Waals surface area contributed by atoms with E-state index in [0.29, 0.717) is 5.70 Å². The SMILES string of the molecule is C/C(=C/C(N)=O)NC(C#N)c1ccccc1. The zero-order chi connectivity index (χ0) is 12.0. The predicted octanol–water partition coefficient (Wildman–Crippen LogP) is 1.23. The third-order valence-corrected chi connectivity index (χ3v) is 1.99. The summed E-state index contributed by atoms with van der Waals surface area (Å²) in [5, 5.41) is 11.9. The molecule has 0 aliphatic carbocycles. The molecule has 0 spiro atoms. The van der Waals surface area contributed by atoms with Crippen LogP contribution < -0.4 is 11.1 Å². The van der Waals surface area contributed by atoms with Gasteiger partial charge in [-0.1, -0.05) is 30.3 Å². The summed E-state index contributed by atoms with van der Waals surface area (Å²) in [5.41, 5.74) is 6.43. The van der Waals surface area contributed by atoms with Crippen molar-refractivity contribution in [1.29, 1.82) is 5.26 Å². The Morgan fingerprint density at radius 1 is 1.50 bits per heavy atom. The Labute approximate surface area is 94.4 Å². The standard InChI is InChI=1S/C12H13N3O/c1-9(7-12(14)16)15-11(8-13)10-5-3-2-4-6-10/h2-7,11,15H,1H3,(H2,14,16)/b9-7-. The second kappa shape index (κ2) is 5.56. The van der Waals surface area contributed by atoms with E-state index in [1.54, 1.807) is 6.92 Å². The number of amides is 1. The largest absolute Gasteiger partial charge is 0.370 e. The van der Waals surface area contributed by atoms with Crippen molar-refractivity contribution in [1.82, 2.24) is 5.32 Å². The molecule has 1 unspecified atom stereocenters. The number of allylic oxidation sites excluding steroid dienone is 1. The zero-order valence-electron chi connectivity index (χ0n) is 8.97. The van der Waals surface area contributed by atoms with Crippen LogP contribution in [0.3, 0.4) is 0 Å². The van der Waals surface area contributed by atoms with Gasteiger partial charge >= 0.3 is 0 Å². The Kier molecular flexibility index (Phi) is 4.10. The van der Waals surface area contributed by atoms with E-state index >= 15 is 0 Å². The van der Waals surface area contributed by atoms with Crippen LogP contribution >= 0.6 is 0 Å². The van der Waals surface area contributed by atoms with Crippen LogP contribution in [0.2, 0.25) is 0 Å². The van der Waals surface area contributed by atoms with Crippen molar-refractivity contribution in [2.24, 2.45) is 5.73 Å². The van der Waals surface area contributed by atoms with Crippen molar-refractivity contribution in [3.05, 3.63) is 47.7 Å². The van der Waals surface area contributed by atoms with E-state index in [-0.39, 0.29) is 0 Å². The minimum atomic E-state index is -0.533. The highest BCUT2D eigenvalue weighted by molar-refractivity contribution is 5.86. The number of rotatable bonds is 4. The molecule has 1 aromatic carbocycles. The molecule has 0 fully saturated rings. The van der Waals surface area contributed by atoms with Gasteiger partial charge in [-0.2, -0.15) is 5.26 Å². The van der Waals surface area contributed by atoms with Gasteiger partial charge in [0.2, 0.25) is 5.91 Å². The molecule has 0 aromatic heterocycles. The van der Waals surface area contributed by atoms with E-state index < -0.39 is 11.9 Å². The smallest absolute Gasteiger partial charge is 0.243 e. The van der Waals surface area contributed by atoms with Gasteiger partial charge < -0.3 is 11.1 Å². The molecule has 1 atom stereocenters. The molecule has 1 amide bonds. The summed E-state index contributed by atoms with van der Waals surface area (Å²) >= 11 is 0. The van der Waals surface area contributed by atoms with Crippen molar-refractivity contribution in [2.75, 3.05) is 0 Å². The lowest BCUT2D eigenvalue weighted by molar-refractivity contribution is -0.113. The highest BCUT2D eigenvalue weighted by Crippen LogP contribution is 2.12. The van der Waals surface area contributed by atoms with Crippen LogP contribution in [0.5, 0.6) is 0 Å². The molecule has 1 rings (SSSR count). The number of primary amides is 1. The first kappa shape index (κ1) is 11.8. The Morgan fingerprint density at radius 3 is 2.62 bits per heavy atom. The highest BCUT2D eigenvalue weighted by atomic mass is 16.1. The molecule has 82 valence electrons. The first-order chi connectivity index (χ1) is 7.63. The predicted molar refractivity (Wildman–Crippen MR) is 60.9 cm³/mol. The van der Waals surface area contributed by atoms with E-state index in [9.17, 15) is 4.79 Å². The molecule has 0 saturated carbocycles. The highest BCUT2D eigenvalue weighted by Gasteiger charge is 2.08. The fourth-order valence-corrected chi connectivity index (χ4v) is 1.32. The van der Waals surface area contributed by atoms with Crippen LogP contribution in [0.15, 0.2) is 42.1 Å². The van der Waals surface area contributed by atoms with Crippen molar-refractivity contribution in [2.45, 2.75) is 13.0 Å². The van der Waals surface area contributed by atoms with Crippen molar-refractivity contribution < 1.29 is 4.79 Å². The van der Waals surface area contributed by atoms with Crippen LogP contribution in [-0.2, 0) is 4.79 Å². The molecule has 1 aromatic rings. The molecule has 0 bridgehead atoms. The average Bonchev–Trinajstić information content (AvgIpc) is 2.26. The number of carbonyl (C=O) groups excluding carboxylic acids is 1. The first-order valence-corrected chi connectivity index (χ1v) is 4.82. The Balaban J connectivity index is 2.79. The molecule has 0 radical (unpaired) electrons. The van der Waals surface area contributed by atoms with Gasteiger partial charge in [0.05, 0.1) is 6.07 Å². The van der Waals surface area contributed by atoms with E-state index in [2.05, 4.69) is 11.4 Å². The fourth-order valence-electron chi connectivity index (χ4n) is 1.32. The molecule has 0 aliphatic rings. The molecule has 4 heteroatoms. The molecular weight excluding hydrogens is 202 g/mol. The second-order valence-corrected chi connectivity index (χ2v) is 3.35. The van der Waals surface area contributed by atoms with Crippen molar-refractivity contribution >= 4 is 5.91 Å². The molecular formula is C12H13N3O. The van der Waals surface area contributed by atoms with Gasteiger partial charge in [-0.05, 0) is 12.5 Å². The van der Waals surface area contributed by atoms with Crippen LogP contribution in [0, 0.1) is 11.3 Å². The lowest BCUT2D eigenvalue weighted by Crippen LogP contribution is -2.20. The lowest BCUT2D eigenvalue weighted by atomic mass is 10.1. The Hall–Kier alpha value is -2.28. The summed E-state index contributed by atoms with van der Waals surface area (Å²) in [5.74, 6) is -0.533. The number of benzene rings is 1. The number of nitriles is 1. The first-order valence-electron chi connectivity index (χ1n) is 4.82. The van der Waals surface area contributed by atoms with Gasteiger partial charge in [-0.25, -0.2) is 0 Å². The number of hydrogen-bond acceptors (Lipinski definition) is 3. The maximum atomic E-state index is 10.6. The van der Waals surface area contributed by atoms with E-state index in [1.807, 2.05) is 30.3 Å². The van der Waals surface area contributed by atoms with Crippen LogP contribution in [-0.4, -0.2) is 5.91 Å². The summed E-state index contributed by atoms with van der Waals surface area (Å²) in [6, 6.07) is 10.9. The van der Waals surface area contributed by atoms with Gasteiger partial charge in [0.25, 0.3) is 0 Å². The van der Waals surface area contributed by atoms with Crippen molar-refractivity contribution in [3.63, 3.8) is 0 Å². The fraction of sp³-hybridized carbons (Fsp3) is 0.167. The third-order valence-electron chi connectivity index (χ3n) is 1.99. The molecule has 3 N–H and O–H groups in total. The topological polar surface area (TPSA) is 78.9 Å². The number of nitrogens with one attached hydrogen (secondary N) is 1. The van der Waals surface area contributed by atoms with Crippen LogP contribution in [0.4, 0.5) is 0 Å². The zero-order valence-corrected chi connectivity index (χ0v) is 8.97. The van der Waals surface area contributed by atoms with Gasteiger partial charge in [-0.3, -0.25) is 4.79 Å². The normalized spacial score (nSPS) is 12.6. The quantitative estimate of drug-likeness (QED) is 0.741. The van der Waals surface area contributed by atoms with Crippen LogP contribution in [0.1, 0.15) is 18.5 Å². The molecule has 0 saturated heterocycles. The summed E-state index contributed by atoms with van der Waals surface area (Å²) in [6.07, 6.45) is 1.26. The lowest BCUT2D eigenvalue weighted by Gasteiger charge is -2.12. The number of hydrogen-bond donors (Lipinski definition) is 2. The van der Waals surface area contributed by atoms with Crippen LogP contribution in [0.25, 0.3) is 0 Å². The van der Waals surface area contributed by atoms with E-state index in [1.165, 1.54) is 6.08 Å².